The van der Waals surface area contributed by atoms with E-state index < -0.39 is 0 Å². The zero-order chi connectivity index (χ0) is 9.84. The molecule has 3 heteroatoms. The van der Waals surface area contributed by atoms with Crippen LogP contribution in [0.1, 0.15) is 27.7 Å². The summed E-state index contributed by atoms with van der Waals surface area (Å²) in [5.41, 5.74) is 0. The molecule has 78 valence electrons. The maximum Gasteiger partial charge on any atom is 0.0607 e. The molecule has 2 atom stereocenters. The molecule has 0 bridgehead atoms. The first kappa shape index (κ1) is 11.0. The summed E-state index contributed by atoms with van der Waals surface area (Å²) in [5, 5.41) is 10.5. The molecule has 0 radical (unpaired) electrons. The molecule has 1 aliphatic heterocycles. The zero-order valence-electron chi connectivity index (χ0n) is 9.22. The summed E-state index contributed by atoms with van der Waals surface area (Å²) in [6, 6.07) is 0.586. The lowest BCUT2D eigenvalue weighted by atomic mass is 10.0. The first-order valence-corrected chi connectivity index (χ1v) is 5.31. The number of hydrogen-bond donors (Lipinski definition) is 3. The van der Waals surface area contributed by atoms with E-state index in [9.17, 15) is 0 Å². The molecule has 3 nitrogen and oxygen atoms in total. The van der Waals surface area contributed by atoms with Gasteiger partial charge in [-0.2, -0.15) is 0 Å². The van der Waals surface area contributed by atoms with Crippen molar-refractivity contribution in [1.29, 1.82) is 0 Å². The summed E-state index contributed by atoms with van der Waals surface area (Å²) in [5.74, 6) is 1.33. The third-order valence-corrected chi connectivity index (χ3v) is 2.68. The number of nitrogens with one attached hydrogen (secondary N) is 3. The van der Waals surface area contributed by atoms with E-state index in [0.29, 0.717) is 24.0 Å². The highest BCUT2D eigenvalue weighted by Gasteiger charge is 2.22. The largest absolute Gasteiger partial charge is 0.303 e. The Morgan fingerprint density at radius 2 is 1.77 bits per heavy atom. The molecule has 1 heterocycles. The summed E-state index contributed by atoms with van der Waals surface area (Å²) in [4.78, 5) is 0. The van der Waals surface area contributed by atoms with E-state index in [1.54, 1.807) is 0 Å². The van der Waals surface area contributed by atoms with E-state index in [2.05, 4.69) is 43.6 Å². The van der Waals surface area contributed by atoms with Gasteiger partial charge in [0.2, 0.25) is 0 Å². The predicted molar refractivity (Wildman–Crippen MR) is 56.4 cm³/mol. The van der Waals surface area contributed by atoms with Gasteiger partial charge in [-0.05, 0) is 11.8 Å². The molecule has 2 unspecified atom stereocenters. The molecule has 0 spiro atoms. The molecule has 1 fully saturated rings. The van der Waals surface area contributed by atoms with Gasteiger partial charge in [0.25, 0.3) is 0 Å². The van der Waals surface area contributed by atoms with E-state index >= 15 is 0 Å². The van der Waals surface area contributed by atoms with Gasteiger partial charge in [-0.1, -0.05) is 27.7 Å². The van der Waals surface area contributed by atoms with Crippen molar-refractivity contribution in [2.24, 2.45) is 11.8 Å². The third kappa shape index (κ3) is 3.25. The van der Waals surface area contributed by atoms with Gasteiger partial charge in [0, 0.05) is 19.3 Å². The van der Waals surface area contributed by atoms with Crippen LogP contribution in [0.3, 0.4) is 0 Å². The first-order chi connectivity index (χ1) is 6.11. The Bertz CT molecular complexity index is 129. The Morgan fingerprint density at radius 3 is 2.31 bits per heavy atom. The van der Waals surface area contributed by atoms with Crippen molar-refractivity contribution < 1.29 is 0 Å². The van der Waals surface area contributed by atoms with Crippen LogP contribution in [-0.4, -0.2) is 25.4 Å². The maximum absolute atomic E-state index is 3.64. The van der Waals surface area contributed by atoms with Gasteiger partial charge in [0.05, 0.1) is 6.17 Å². The van der Waals surface area contributed by atoms with Crippen molar-refractivity contribution in [3.05, 3.63) is 0 Å². The summed E-state index contributed by atoms with van der Waals surface area (Å²) >= 11 is 0. The van der Waals surface area contributed by atoms with Gasteiger partial charge < -0.3 is 5.32 Å². The van der Waals surface area contributed by atoms with Crippen LogP contribution in [0.25, 0.3) is 0 Å². The molecule has 1 saturated heterocycles. The van der Waals surface area contributed by atoms with Crippen LogP contribution < -0.4 is 16.0 Å². The van der Waals surface area contributed by atoms with E-state index in [1.165, 1.54) is 0 Å². The van der Waals surface area contributed by atoms with Gasteiger partial charge in [-0.15, -0.1) is 0 Å². The van der Waals surface area contributed by atoms with Crippen molar-refractivity contribution in [2.45, 2.75) is 39.9 Å². The fraction of sp³-hybridized carbons (Fsp3) is 1.00. The smallest absolute Gasteiger partial charge is 0.0607 e. The van der Waals surface area contributed by atoms with Crippen LogP contribution in [0.5, 0.6) is 0 Å². The van der Waals surface area contributed by atoms with Gasteiger partial charge in [0.15, 0.2) is 0 Å². The second kappa shape index (κ2) is 4.94. The van der Waals surface area contributed by atoms with E-state index in [4.69, 9.17) is 0 Å². The Kier molecular flexibility index (Phi) is 4.16. The van der Waals surface area contributed by atoms with Crippen LogP contribution >= 0.6 is 0 Å². The molecule has 0 aliphatic carbocycles. The Balaban J connectivity index is 2.49. The Labute approximate surface area is 81.7 Å². The molecule has 1 aliphatic rings. The highest BCUT2D eigenvalue weighted by atomic mass is 15.2. The van der Waals surface area contributed by atoms with Crippen molar-refractivity contribution in [3.8, 4) is 0 Å². The highest BCUT2D eigenvalue weighted by molar-refractivity contribution is 4.81. The number of hydrogen-bond acceptors (Lipinski definition) is 3. The summed E-state index contributed by atoms with van der Waals surface area (Å²) in [6.45, 7) is 11.0. The van der Waals surface area contributed by atoms with Gasteiger partial charge in [0.1, 0.15) is 0 Å². The summed E-state index contributed by atoms with van der Waals surface area (Å²) in [6.07, 6.45) is 0.447. The summed E-state index contributed by atoms with van der Waals surface area (Å²) < 4.78 is 0. The molecule has 0 aromatic carbocycles. The van der Waals surface area contributed by atoms with Gasteiger partial charge >= 0.3 is 0 Å². The molecule has 1 rings (SSSR count). The minimum absolute atomic E-state index is 0.447. The normalized spacial score (nSPS) is 30.9. The van der Waals surface area contributed by atoms with Crippen LogP contribution in [-0.2, 0) is 0 Å². The molecule has 0 aromatic heterocycles. The molecule has 13 heavy (non-hydrogen) atoms. The molecule has 3 N–H and O–H groups in total. The lowest BCUT2D eigenvalue weighted by molar-refractivity contribution is 0.295. The molecule has 0 amide bonds. The van der Waals surface area contributed by atoms with Crippen LogP contribution in [0.15, 0.2) is 0 Å². The van der Waals surface area contributed by atoms with Crippen molar-refractivity contribution >= 4 is 0 Å². The fourth-order valence-electron chi connectivity index (χ4n) is 1.61. The summed E-state index contributed by atoms with van der Waals surface area (Å²) in [7, 11) is 0. The standard InChI is InChI=1S/C10H23N3/c1-7(2)9-5-11-6-12-10(13-9)8(3)4/h7-13H,5-6H2,1-4H3. The molecular formula is C10H23N3. The lowest BCUT2D eigenvalue weighted by Crippen LogP contribution is -2.50. The molecule has 0 saturated carbocycles. The van der Waals surface area contributed by atoms with Crippen molar-refractivity contribution in [3.63, 3.8) is 0 Å². The zero-order valence-corrected chi connectivity index (χ0v) is 9.22. The van der Waals surface area contributed by atoms with E-state index in [0.717, 1.165) is 13.2 Å². The van der Waals surface area contributed by atoms with E-state index in [-0.39, 0.29) is 0 Å². The fourth-order valence-corrected chi connectivity index (χ4v) is 1.61. The topological polar surface area (TPSA) is 36.1 Å². The van der Waals surface area contributed by atoms with Crippen LogP contribution in [0, 0.1) is 11.8 Å². The SMILES string of the molecule is CC(C)C1CNCNC(C(C)C)N1. The molecule has 0 aromatic rings. The number of rotatable bonds is 2. The Hall–Kier alpha value is -0.120. The minimum Gasteiger partial charge on any atom is -0.303 e. The first-order valence-electron chi connectivity index (χ1n) is 5.31. The lowest BCUT2D eigenvalue weighted by Gasteiger charge is -2.27. The van der Waals surface area contributed by atoms with E-state index in [1.807, 2.05) is 0 Å². The van der Waals surface area contributed by atoms with Gasteiger partial charge in [-0.3, -0.25) is 10.6 Å². The highest BCUT2D eigenvalue weighted by Crippen LogP contribution is 2.07. The second-order valence-corrected chi connectivity index (χ2v) is 4.57. The average Bonchev–Trinajstić information content (AvgIpc) is 2.28. The Morgan fingerprint density at radius 1 is 1.08 bits per heavy atom. The third-order valence-electron chi connectivity index (χ3n) is 2.68. The maximum atomic E-state index is 3.64. The second-order valence-electron chi connectivity index (χ2n) is 4.57. The van der Waals surface area contributed by atoms with Gasteiger partial charge in [-0.25, -0.2) is 0 Å². The average molecular weight is 185 g/mol. The predicted octanol–water partition coefficient (Wildman–Crippen LogP) is 0.733. The minimum atomic E-state index is 0.447. The van der Waals surface area contributed by atoms with Crippen LogP contribution in [0.4, 0.5) is 0 Å². The molecular weight excluding hydrogens is 162 g/mol. The van der Waals surface area contributed by atoms with Crippen molar-refractivity contribution in [1.82, 2.24) is 16.0 Å². The van der Waals surface area contributed by atoms with Crippen LogP contribution in [0.2, 0.25) is 0 Å². The quantitative estimate of drug-likeness (QED) is 0.593. The van der Waals surface area contributed by atoms with Crippen molar-refractivity contribution in [2.75, 3.05) is 13.2 Å². The monoisotopic (exact) mass is 185 g/mol.